The Kier molecular flexibility index (Phi) is 6.50. The second-order valence-electron chi connectivity index (χ2n) is 5.37. The molecular weight excluding hydrogens is 306 g/mol. The van der Waals surface area contributed by atoms with Gasteiger partial charge in [-0.15, -0.1) is 0 Å². The SMILES string of the molecule is CCN(CC)Cc1ccc(CNC(=O)c2ccc[nH]c2=S)cc1. The van der Waals surface area contributed by atoms with E-state index in [2.05, 4.69) is 53.3 Å². The third-order valence-electron chi connectivity index (χ3n) is 3.84. The summed E-state index contributed by atoms with van der Waals surface area (Å²) in [5, 5.41) is 2.90. The monoisotopic (exact) mass is 329 g/mol. The quantitative estimate of drug-likeness (QED) is 0.764. The highest BCUT2D eigenvalue weighted by Crippen LogP contribution is 2.08. The summed E-state index contributed by atoms with van der Waals surface area (Å²) in [6.45, 7) is 7.88. The number of benzene rings is 1. The van der Waals surface area contributed by atoms with E-state index in [-0.39, 0.29) is 5.91 Å². The van der Waals surface area contributed by atoms with Gasteiger partial charge in [-0.1, -0.05) is 50.3 Å². The lowest BCUT2D eigenvalue weighted by atomic mass is 10.1. The molecule has 2 rings (SSSR count). The molecule has 0 fully saturated rings. The number of amides is 1. The van der Waals surface area contributed by atoms with Crippen LogP contribution in [0.1, 0.15) is 35.3 Å². The molecule has 0 aliphatic rings. The van der Waals surface area contributed by atoms with Gasteiger partial charge in [0.15, 0.2) is 0 Å². The second-order valence-corrected chi connectivity index (χ2v) is 5.78. The van der Waals surface area contributed by atoms with Gasteiger partial charge in [0.25, 0.3) is 5.91 Å². The maximum atomic E-state index is 12.1. The zero-order chi connectivity index (χ0) is 16.7. The molecule has 0 aliphatic heterocycles. The predicted octanol–water partition coefficient (Wildman–Crippen LogP) is 3.52. The Labute approximate surface area is 142 Å². The van der Waals surface area contributed by atoms with Gasteiger partial charge >= 0.3 is 0 Å². The third-order valence-corrected chi connectivity index (χ3v) is 4.18. The van der Waals surface area contributed by atoms with Gasteiger partial charge in [-0.3, -0.25) is 9.69 Å². The molecule has 0 saturated heterocycles. The summed E-state index contributed by atoms with van der Waals surface area (Å²) in [7, 11) is 0. The van der Waals surface area contributed by atoms with Crippen molar-refractivity contribution in [1.29, 1.82) is 0 Å². The van der Waals surface area contributed by atoms with Gasteiger partial charge in [0.2, 0.25) is 0 Å². The van der Waals surface area contributed by atoms with Crippen molar-refractivity contribution in [3.05, 3.63) is 63.9 Å². The number of hydrogen-bond donors (Lipinski definition) is 2. The van der Waals surface area contributed by atoms with E-state index in [0.29, 0.717) is 16.7 Å². The second kappa shape index (κ2) is 8.60. The van der Waals surface area contributed by atoms with E-state index >= 15 is 0 Å². The van der Waals surface area contributed by atoms with Crippen LogP contribution in [0.15, 0.2) is 42.6 Å². The number of nitrogens with one attached hydrogen (secondary N) is 2. The fraction of sp³-hybridized carbons (Fsp3) is 0.333. The molecule has 1 aromatic carbocycles. The van der Waals surface area contributed by atoms with Crippen molar-refractivity contribution in [3.8, 4) is 0 Å². The Balaban J connectivity index is 1.93. The minimum Gasteiger partial charge on any atom is -0.352 e. The van der Waals surface area contributed by atoms with E-state index in [9.17, 15) is 4.79 Å². The lowest BCUT2D eigenvalue weighted by Gasteiger charge is -2.18. The van der Waals surface area contributed by atoms with Crippen LogP contribution in [0.2, 0.25) is 0 Å². The molecule has 1 heterocycles. The van der Waals surface area contributed by atoms with Crippen molar-refractivity contribution < 1.29 is 4.79 Å². The van der Waals surface area contributed by atoms with Gasteiger partial charge < -0.3 is 10.3 Å². The number of aromatic nitrogens is 1. The van der Waals surface area contributed by atoms with Gasteiger partial charge in [0, 0.05) is 19.3 Å². The predicted molar refractivity (Wildman–Crippen MR) is 95.9 cm³/mol. The number of carbonyl (C=O) groups is 1. The van der Waals surface area contributed by atoms with Crippen LogP contribution in [-0.2, 0) is 13.1 Å². The molecular formula is C18H23N3OS. The molecule has 2 aromatic rings. The van der Waals surface area contributed by atoms with Crippen LogP contribution in [-0.4, -0.2) is 28.9 Å². The topological polar surface area (TPSA) is 48.1 Å². The Morgan fingerprint density at radius 1 is 1.13 bits per heavy atom. The lowest BCUT2D eigenvalue weighted by molar-refractivity contribution is 0.0950. The molecule has 4 nitrogen and oxygen atoms in total. The van der Waals surface area contributed by atoms with Crippen molar-refractivity contribution in [2.45, 2.75) is 26.9 Å². The molecule has 2 N–H and O–H groups in total. The van der Waals surface area contributed by atoms with Crippen molar-refractivity contribution in [1.82, 2.24) is 15.2 Å². The highest BCUT2D eigenvalue weighted by Gasteiger charge is 2.07. The van der Waals surface area contributed by atoms with Crippen molar-refractivity contribution in [2.75, 3.05) is 13.1 Å². The minimum atomic E-state index is -0.154. The molecule has 23 heavy (non-hydrogen) atoms. The van der Waals surface area contributed by atoms with E-state index in [1.165, 1.54) is 5.56 Å². The largest absolute Gasteiger partial charge is 0.352 e. The maximum Gasteiger partial charge on any atom is 0.254 e. The number of rotatable bonds is 7. The first-order chi connectivity index (χ1) is 11.1. The average molecular weight is 329 g/mol. The first kappa shape index (κ1) is 17.4. The molecule has 0 bridgehead atoms. The summed E-state index contributed by atoms with van der Waals surface area (Å²) in [5.41, 5.74) is 2.86. The maximum absolute atomic E-state index is 12.1. The standard InChI is InChI=1S/C18H23N3OS/c1-3-21(4-2)13-15-9-7-14(8-10-15)12-20-17(22)16-6-5-11-19-18(16)23/h5-11H,3-4,12-13H2,1-2H3,(H,19,23)(H,20,22). The lowest BCUT2D eigenvalue weighted by Crippen LogP contribution is -2.23. The van der Waals surface area contributed by atoms with Crippen LogP contribution in [0, 0.1) is 4.64 Å². The molecule has 0 spiro atoms. The molecule has 122 valence electrons. The van der Waals surface area contributed by atoms with Crippen LogP contribution in [0.3, 0.4) is 0 Å². The fourth-order valence-electron chi connectivity index (χ4n) is 2.35. The van der Waals surface area contributed by atoms with E-state index < -0.39 is 0 Å². The van der Waals surface area contributed by atoms with Gasteiger partial charge in [0.1, 0.15) is 4.64 Å². The Hall–Kier alpha value is -1.98. The van der Waals surface area contributed by atoms with Crippen LogP contribution in [0.25, 0.3) is 0 Å². The molecule has 0 atom stereocenters. The van der Waals surface area contributed by atoms with Gasteiger partial charge in [-0.25, -0.2) is 0 Å². The number of H-pyrrole nitrogens is 1. The van der Waals surface area contributed by atoms with Crippen molar-refractivity contribution in [2.24, 2.45) is 0 Å². The number of carbonyl (C=O) groups excluding carboxylic acids is 1. The fourth-order valence-corrected chi connectivity index (χ4v) is 2.57. The molecule has 0 unspecified atom stereocenters. The Morgan fingerprint density at radius 2 is 1.78 bits per heavy atom. The number of hydrogen-bond acceptors (Lipinski definition) is 3. The third kappa shape index (κ3) is 5.01. The summed E-state index contributed by atoms with van der Waals surface area (Å²) < 4.78 is 0.458. The summed E-state index contributed by atoms with van der Waals surface area (Å²) in [4.78, 5) is 17.4. The van der Waals surface area contributed by atoms with Crippen molar-refractivity contribution in [3.63, 3.8) is 0 Å². The van der Waals surface area contributed by atoms with Crippen LogP contribution >= 0.6 is 12.2 Å². The number of pyridine rings is 1. The number of nitrogens with zero attached hydrogens (tertiary/aromatic N) is 1. The zero-order valence-corrected chi connectivity index (χ0v) is 14.5. The van der Waals surface area contributed by atoms with Crippen LogP contribution in [0.4, 0.5) is 0 Å². The molecule has 1 amide bonds. The van der Waals surface area contributed by atoms with Crippen molar-refractivity contribution >= 4 is 18.1 Å². The molecule has 0 saturated carbocycles. The van der Waals surface area contributed by atoms with Gasteiger partial charge in [0.05, 0.1) is 5.56 Å². The van der Waals surface area contributed by atoms with Crippen LogP contribution < -0.4 is 5.32 Å². The van der Waals surface area contributed by atoms with E-state index in [1.54, 1.807) is 18.3 Å². The summed E-state index contributed by atoms with van der Waals surface area (Å²) >= 11 is 5.12. The Bertz CT molecular complexity index is 690. The number of aromatic amines is 1. The highest BCUT2D eigenvalue weighted by molar-refractivity contribution is 7.71. The van der Waals surface area contributed by atoms with E-state index in [0.717, 1.165) is 25.2 Å². The summed E-state index contributed by atoms with van der Waals surface area (Å²) in [6, 6.07) is 11.9. The molecule has 0 aliphatic carbocycles. The average Bonchev–Trinajstić information content (AvgIpc) is 2.59. The molecule has 1 aromatic heterocycles. The summed E-state index contributed by atoms with van der Waals surface area (Å²) in [5.74, 6) is -0.154. The smallest absolute Gasteiger partial charge is 0.254 e. The Morgan fingerprint density at radius 3 is 2.39 bits per heavy atom. The zero-order valence-electron chi connectivity index (χ0n) is 13.6. The first-order valence-corrected chi connectivity index (χ1v) is 8.31. The first-order valence-electron chi connectivity index (χ1n) is 7.90. The molecule has 5 heteroatoms. The van der Waals surface area contributed by atoms with Gasteiger partial charge in [-0.05, 0) is 36.3 Å². The van der Waals surface area contributed by atoms with Gasteiger partial charge in [-0.2, -0.15) is 0 Å². The highest BCUT2D eigenvalue weighted by atomic mass is 32.1. The molecule has 0 radical (unpaired) electrons. The minimum absolute atomic E-state index is 0.154. The van der Waals surface area contributed by atoms with E-state index in [1.807, 2.05) is 0 Å². The van der Waals surface area contributed by atoms with E-state index in [4.69, 9.17) is 12.2 Å². The normalized spacial score (nSPS) is 10.7. The van der Waals surface area contributed by atoms with Crippen LogP contribution in [0.5, 0.6) is 0 Å². The summed E-state index contributed by atoms with van der Waals surface area (Å²) in [6.07, 6.45) is 1.72.